The van der Waals surface area contributed by atoms with Crippen molar-refractivity contribution in [3.63, 3.8) is 0 Å². The van der Waals surface area contributed by atoms with Gasteiger partial charge in [0.05, 0.1) is 23.5 Å². The third-order valence-corrected chi connectivity index (χ3v) is 3.38. The normalized spacial score (nSPS) is 12.9. The highest BCUT2D eigenvalue weighted by molar-refractivity contribution is 5.81. The van der Waals surface area contributed by atoms with Crippen LogP contribution in [0.1, 0.15) is 24.4 Å². The minimum Gasteiger partial charge on any atom is -0.468 e. The van der Waals surface area contributed by atoms with Gasteiger partial charge in [0.1, 0.15) is 5.76 Å². The summed E-state index contributed by atoms with van der Waals surface area (Å²) >= 11 is 0. The average molecular weight is 255 g/mol. The third kappa shape index (κ3) is 2.27. The molecule has 2 heterocycles. The lowest BCUT2D eigenvalue weighted by Crippen LogP contribution is -2.18. The molecule has 1 atom stereocenters. The Morgan fingerprint density at radius 3 is 2.89 bits per heavy atom. The first kappa shape index (κ1) is 12.0. The maximum Gasteiger partial charge on any atom is 0.120 e. The van der Waals surface area contributed by atoms with Crippen LogP contribution < -0.4 is 5.32 Å². The number of para-hydroxylation sites is 1. The van der Waals surface area contributed by atoms with Gasteiger partial charge in [-0.05, 0) is 25.1 Å². The molecule has 3 rings (SSSR count). The van der Waals surface area contributed by atoms with Gasteiger partial charge in [-0.15, -0.1) is 0 Å². The van der Waals surface area contributed by atoms with E-state index in [9.17, 15) is 0 Å². The topological polar surface area (TPSA) is 43.0 Å². The van der Waals surface area contributed by atoms with Crippen molar-refractivity contribution in [2.45, 2.75) is 19.5 Å². The highest BCUT2D eigenvalue weighted by Crippen LogP contribution is 2.19. The lowest BCUT2D eigenvalue weighted by molar-refractivity contribution is 0.428. The van der Waals surface area contributed by atoms with E-state index in [4.69, 9.17) is 4.42 Å². The van der Waals surface area contributed by atoms with E-state index in [0.717, 1.165) is 23.5 Å². The molecule has 0 amide bonds. The van der Waals surface area contributed by atoms with Crippen molar-refractivity contribution in [3.05, 3.63) is 54.1 Å². The fourth-order valence-electron chi connectivity index (χ4n) is 2.31. The number of furan rings is 1. The van der Waals surface area contributed by atoms with Crippen molar-refractivity contribution in [1.82, 2.24) is 15.1 Å². The molecule has 3 aromatic rings. The van der Waals surface area contributed by atoms with Crippen LogP contribution in [0.15, 0.2) is 47.1 Å². The zero-order chi connectivity index (χ0) is 13.2. The van der Waals surface area contributed by atoms with Gasteiger partial charge in [0, 0.05) is 19.0 Å². The maximum absolute atomic E-state index is 5.39. The van der Waals surface area contributed by atoms with Crippen molar-refractivity contribution in [2.24, 2.45) is 7.05 Å². The SMILES string of the molecule is C[C@H](NCc1nn(C)c2ccccc12)c1ccco1. The van der Waals surface area contributed by atoms with Crippen LogP contribution in [0.25, 0.3) is 10.9 Å². The second kappa shape index (κ2) is 4.90. The van der Waals surface area contributed by atoms with Gasteiger partial charge in [-0.1, -0.05) is 18.2 Å². The molecule has 1 N–H and O–H groups in total. The molecular weight excluding hydrogens is 238 g/mol. The van der Waals surface area contributed by atoms with Crippen molar-refractivity contribution >= 4 is 10.9 Å². The van der Waals surface area contributed by atoms with E-state index in [1.807, 2.05) is 36.0 Å². The molecule has 98 valence electrons. The molecule has 0 aliphatic carbocycles. The standard InChI is InChI=1S/C15H17N3O/c1-11(15-8-5-9-19-15)16-10-13-12-6-3-4-7-14(12)18(2)17-13/h3-9,11,16H,10H2,1-2H3/t11-/m0/s1. The van der Waals surface area contributed by atoms with Crippen molar-refractivity contribution in [1.29, 1.82) is 0 Å². The molecule has 0 radical (unpaired) electrons. The maximum atomic E-state index is 5.39. The number of nitrogens with zero attached hydrogens (tertiary/aromatic N) is 2. The highest BCUT2D eigenvalue weighted by Gasteiger charge is 2.11. The first-order valence-electron chi connectivity index (χ1n) is 6.43. The van der Waals surface area contributed by atoms with Crippen LogP contribution in [0.5, 0.6) is 0 Å². The predicted molar refractivity (Wildman–Crippen MR) is 74.7 cm³/mol. The van der Waals surface area contributed by atoms with E-state index in [1.165, 1.54) is 5.39 Å². The Balaban J connectivity index is 1.79. The number of aromatic nitrogens is 2. The summed E-state index contributed by atoms with van der Waals surface area (Å²) in [6.07, 6.45) is 1.70. The molecular formula is C15H17N3O. The summed E-state index contributed by atoms with van der Waals surface area (Å²) in [5.74, 6) is 0.945. The molecule has 0 bridgehead atoms. The molecule has 4 heteroatoms. The molecule has 0 unspecified atom stereocenters. The van der Waals surface area contributed by atoms with E-state index in [0.29, 0.717) is 0 Å². The minimum absolute atomic E-state index is 0.177. The van der Waals surface area contributed by atoms with E-state index >= 15 is 0 Å². The van der Waals surface area contributed by atoms with Crippen LogP contribution in [0, 0.1) is 0 Å². The van der Waals surface area contributed by atoms with Crippen LogP contribution in [-0.2, 0) is 13.6 Å². The molecule has 2 aromatic heterocycles. The van der Waals surface area contributed by atoms with Crippen LogP contribution >= 0.6 is 0 Å². The molecule has 1 aromatic carbocycles. The van der Waals surface area contributed by atoms with Gasteiger partial charge in [-0.3, -0.25) is 4.68 Å². The molecule has 0 aliphatic rings. The van der Waals surface area contributed by atoms with Crippen LogP contribution in [0.4, 0.5) is 0 Å². The summed E-state index contributed by atoms with van der Waals surface area (Å²) < 4.78 is 7.31. The van der Waals surface area contributed by atoms with Crippen LogP contribution in [-0.4, -0.2) is 9.78 Å². The summed E-state index contributed by atoms with van der Waals surface area (Å²) in [5.41, 5.74) is 2.22. The smallest absolute Gasteiger partial charge is 0.120 e. The number of nitrogens with one attached hydrogen (secondary N) is 1. The Morgan fingerprint density at radius 1 is 1.26 bits per heavy atom. The van der Waals surface area contributed by atoms with E-state index in [1.54, 1.807) is 6.26 Å². The van der Waals surface area contributed by atoms with Gasteiger partial charge >= 0.3 is 0 Å². The fraction of sp³-hybridized carbons (Fsp3) is 0.267. The summed E-state index contributed by atoms with van der Waals surface area (Å²) in [6.45, 7) is 2.81. The second-order valence-corrected chi connectivity index (χ2v) is 4.71. The Morgan fingerprint density at radius 2 is 2.11 bits per heavy atom. The number of rotatable bonds is 4. The molecule has 0 fully saturated rings. The van der Waals surface area contributed by atoms with Crippen LogP contribution in [0.2, 0.25) is 0 Å². The highest BCUT2D eigenvalue weighted by atomic mass is 16.3. The quantitative estimate of drug-likeness (QED) is 0.779. The number of benzene rings is 1. The average Bonchev–Trinajstić information content (AvgIpc) is 3.06. The number of hydrogen-bond donors (Lipinski definition) is 1. The van der Waals surface area contributed by atoms with Gasteiger partial charge in [0.25, 0.3) is 0 Å². The van der Waals surface area contributed by atoms with Gasteiger partial charge in [0.2, 0.25) is 0 Å². The first-order chi connectivity index (χ1) is 9.25. The Labute approximate surface area is 112 Å². The van der Waals surface area contributed by atoms with Gasteiger partial charge < -0.3 is 9.73 Å². The first-order valence-corrected chi connectivity index (χ1v) is 6.43. The predicted octanol–water partition coefficient (Wildman–Crippen LogP) is 3.02. The van der Waals surface area contributed by atoms with Gasteiger partial charge in [-0.2, -0.15) is 5.10 Å². The Kier molecular flexibility index (Phi) is 3.09. The number of fused-ring (bicyclic) bond motifs is 1. The molecule has 4 nitrogen and oxygen atoms in total. The molecule has 0 spiro atoms. The summed E-state index contributed by atoms with van der Waals surface area (Å²) in [6, 6.07) is 12.3. The van der Waals surface area contributed by atoms with Gasteiger partial charge in [-0.25, -0.2) is 0 Å². The van der Waals surface area contributed by atoms with Crippen molar-refractivity contribution < 1.29 is 4.42 Å². The summed E-state index contributed by atoms with van der Waals surface area (Å²) in [5, 5.41) is 9.20. The van der Waals surface area contributed by atoms with Gasteiger partial charge in [0.15, 0.2) is 0 Å². The zero-order valence-electron chi connectivity index (χ0n) is 11.1. The molecule has 0 saturated carbocycles. The fourth-order valence-corrected chi connectivity index (χ4v) is 2.31. The number of aryl methyl sites for hydroxylation is 1. The van der Waals surface area contributed by atoms with Crippen molar-refractivity contribution in [2.75, 3.05) is 0 Å². The number of hydrogen-bond acceptors (Lipinski definition) is 3. The Hall–Kier alpha value is -2.07. The summed E-state index contributed by atoms with van der Waals surface area (Å²) in [7, 11) is 1.97. The molecule has 0 saturated heterocycles. The van der Waals surface area contributed by atoms with E-state index in [2.05, 4.69) is 29.5 Å². The largest absolute Gasteiger partial charge is 0.468 e. The lowest BCUT2D eigenvalue weighted by atomic mass is 10.2. The third-order valence-electron chi connectivity index (χ3n) is 3.38. The second-order valence-electron chi connectivity index (χ2n) is 4.71. The monoisotopic (exact) mass is 255 g/mol. The molecule has 19 heavy (non-hydrogen) atoms. The van der Waals surface area contributed by atoms with E-state index in [-0.39, 0.29) is 6.04 Å². The molecule has 0 aliphatic heterocycles. The minimum atomic E-state index is 0.177. The van der Waals surface area contributed by atoms with E-state index < -0.39 is 0 Å². The zero-order valence-corrected chi connectivity index (χ0v) is 11.1. The van der Waals surface area contributed by atoms with Crippen molar-refractivity contribution in [3.8, 4) is 0 Å². The lowest BCUT2D eigenvalue weighted by Gasteiger charge is -2.09. The Bertz CT molecular complexity index is 670. The summed E-state index contributed by atoms with van der Waals surface area (Å²) in [4.78, 5) is 0. The van der Waals surface area contributed by atoms with Crippen LogP contribution in [0.3, 0.4) is 0 Å².